The van der Waals surface area contributed by atoms with Crippen molar-refractivity contribution in [1.82, 2.24) is 0 Å². The number of amides is 2. The van der Waals surface area contributed by atoms with Crippen LogP contribution in [0, 0.1) is 5.92 Å². The SMILES string of the molecule is CCOc1cc(C2C3C(=O)N(c4ccccc4)C(=O)C3ON2c2ccccc2)ccc1O. The van der Waals surface area contributed by atoms with Crippen LogP contribution in [-0.4, -0.2) is 29.6 Å². The van der Waals surface area contributed by atoms with Crippen molar-refractivity contribution in [2.24, 2.45) is 5.92 Å². The number of para-hydroxylation sites is 2. The lowest BCUT2D eigenvalue weighted by atomic mass is 9.90. The number of phenols is 1. The monoisotopic (exact) mass is 430 g/mol. The number of phenolic OH excluding ortho intramolecular Hbond substituents is 1. The van der Waals surface area contributed by atoms with E-state index in [1.165, 1.54) is 11.0 Å². The van der Waals surface area contributed by atoms with Gasteiger partial charge >= 0.3 is 0 Å². The minimum atomic E-state index is -0.947. The number of ether oxygens (including phenoxy) is 1. The van der Waals surface area contributed by atoms with Crippen molar-refractivity contribution in [2.45, 2.75) is 19.1 Å². The molecule has 3 aromatic rings. The van der Waals surface area contributed by atoms with E-state index in [4.69, 9.17) is 9.57 Å². The Bertz CT molecular complexity index is 1150. The topological polar surface area (TPSA) is 79.3 Å². The summed E-state index contributed by atoms with van der Waals surface area (Å²) in [4.78, 5) is 34.1. The van der Waals surface area contributed by atoms with E-state index in [2.05, 4.69) is 0 Å². The maximum Gasteiger partial charge on any atom is 0.266 e. The summed E-state index contributed by atoms with van der Waals surface area (Å²) in [5.74, 6) is -1.13. The van der Waals surface area contributed by atoms with E-state index in [0.717, 1.165) is 5.69 Å². The second-order valence-electron chi connectivity index (χ2n) is 7.67. The van der Waals surface area contributed by atoms with Crippen molar-refractivity contribution in [3.8, 4) is 11.5 Å². The molecular formula is C25H22N2O5. The molecule has 1 N–H and O–H groups in total. The predicted octanol–water partition coefficient (Wildman–Crippen LogP) is 3.84. The van der Waals surface area contributed by atoms with Gasteiger partial charge < -0.3 is 9.84 Å². The van der Waals surface area contributed by atoms with Crippen molar-refractivity contribution in [1.29, 1.82) is 0 Å². The average Bonchev–Trinajstić information content (AvgIpc) is 3.33. The van der Waals surface area contributed by atoms with E-state index in [1.807, 2.05) is 43.3 Å². The van der Waals surface area contributed by atoms with Crippen LogP contribution in [0.1, 0.15) is 18.5 Å². The minimum absolute atomic E-state index is 0.0112. The first-order valence-electron chi connectivity index (χ1n) is 10.5. The smallest absolute Gasteiger partial charge is 0.266 e. The summed E-state index contributed by atoms with van der Waals surface area (Å²) in [5.41, 5.74) is 1.95. The molecule has 7 nitrogen and oxygen atoms in total. The zero-order chi connectivity index (χ0) is 22.2. The molecule has 2 aliphatic heterocycles. The molecule has 0 radical (unpaired) electrons. The number of aromatic hydroxyl groups is 1. The van der Waals surface area contributed by atoms with Crippen molar-refractivity contribution >= 4 is 23.2 Å². The Hall–Kier alpha value is -3.84. The fourth-order valence-electron chi connectivity index (χ4n) is 4.37. The Morgan fingerprint density at radius 3 is 2.22 bits per heavy atom. The van der Waals surface area contributed by atoms with Crippen LogP contribution in [0.25, 0.3) is 0 Å². The second-order valence-corrected chi connectivity index (χ2v) is 7.67. The molecule has 0 aliphatic carbocycles. The summed E-state index contributed by atoms with van der Waals surface area (Å²) in [6.07, 6.45) is -0.947. The van der Waals surface area contributed by atoms with Crippen molar-refractivity contribution in [3.05, 3.63) is 84.4 Å². The molecule has 3 unspecified atom stereocenters. The number of rotatable bonds is 5. The standard InChI is InChI=1S/C25H22N2O5/c1-2-31-20-15-16(13-14-19(20)28)22-21-23(32-27(22)18-11-7-4-8-12-18)25(30)26(24(21)29)17-9-5-3-6-10-17/h3-15,21-23,28H,2H2,1H3. The fraction of sp³-hybridized carbons (Fsp3) is 0.200. The lowest BCUT2D eigenvalue weighted by Gasteiger charge is -2.29. The van der Waals surface area contributed by atoms with Gasteiger partial charge in [0.2, 0.25) is 5.91 Å². The first-order chi connectivity index (χ1) is 15.6. The number of hydrogen-bond donors (Lipinski definition) is 1. The minimum Gasteiger partial charge on any atom is -0.504 e. The lowest BCUT2D eigenvalue weighted by molar-refractivity contribution is -0.126. The maximum absolute atomic E-state index is 13.6. The van der Waals surface area contributed by atoms with Crippen LogP contribution in [0.3, 0.4) is 0 Å². The zero-order valence-electron chi connectivity index (χ0n) is 17.4. The molecule has 5 rings (SSSR count). The van der Waals surface area contributed by atoms with Gasteiger partial charge in [0.05, 0.1) is 24.0 Å². The van der Waals surface area contributed by atoms with Gasteiger partial charge in [-0.25, -0.2) is 9.96 Å². The molecule has 0 spiro atoms. The van der Waals surface area contributed by atoms with Gasteiger partial charge in [-0.1, -0.05) is 42.5 Å². The number of benzene rings is 3. The number of carbonyl (C=O) groups excluding carboxylic acids is 2. The summed E-state index contributed by atoms with van der Waals surface area (Å²) in [7, 11) is 0. The number of fused-ring (bicyclic) bond motifs is 1. The Morgan fingerprint density at radius 1 is 0.906 bits per heavy atom. The molecule has 7 heteroatoms. The molecule has 2 fully saturated rings. The number of hydroxylamine groups is 1. The molecule has 0 saturated carbocycles. The van der Waals surface area contributed by atoms with Crippen LogP contribution in [0.5, 0.6) is 11.5 Å². The van der Waals surface area contributed by atoms with Crippen LogP contribution >= 0.6 is 0 Å². The van der Waals surface area contributed by atoms with Gasteiger partial charge in [0.1, 0.15) is 5.92 Å². The molecule has 2 aliphatic rings. The molecule has 3 atom stereocenters. The van der Waals surface area contributed by atoms with E-state index >= 15 is 0 Å². The summed E-state index contributed by atoms with van der Waals surface area (Å²) in [6.45, 7) is 2.21. The van der Waals surface area contributed by atoms with Gasteiger partial charge in [-0.2, -0.15) is 0 Å². The molecule has 3 aromatic carbocycles. The van der Waals surface area contributed by atoms with Gasteiger partial charge in [-0.3, -0.25) is 14.4 Å². The van der Waals surface area contributed by atoms with E-state index in [9.17, 15) is 14.7 Å². The number of nitrogens with zero attached hydrogens (tertiary/aromatic N) is 2. The van der Waals surface area contributed by atoms with E-state index < -0.39 is 24.0 Å². The summed E-state index contributed by atoms with van der Waals surface area (Å²) >= 11 is 0. The van der Waals surface area contributed by atoms with Gasteiger partial charge in [0.25, 0.3) is 5.91 Å². The van der Waals surface area contributed by atoms with E-state index in [0.29, 0.717) is 23.6 Å². The molecule has 2 heterocycles. The first kappa shape index (κ1) is 20.1. The highest BCUT2D eigenvalue weighted by Crippen LogP contribution is 2.48. The average molecular weight is 430 g/mol. The third-order valence-corrected chi connectivity index (χ3v) is 5.77. The Morgan fingerprint density at radius 2 is 1.56 bits per heavy atom. The van der Waals surface area contributed by atoms with Crippen LogP contribution in [-0.2, 0) is 14.4 Å². The summed E-state index contributed by atoms with van der Waals surface area (Å²) in [5, 5.41) is 11.8. The summed E-state index contributed by atoms with van der Waals surface area (Å²) < 4.78 is 5.56. The number of carbonyl (C=O) groups is 2. The van der Waals surface area contributed by atoms with Crippen molar-refractivity contribution < 1.29 is 24.3 Å². The van der Waals surface area contributed by atoms with Gasteiger partial charge in [-0.15, -0.1) is 0 Å². The third-order valence-electron chi connectivity index (χ3n) is 5.77. The molecular weight excluding hydrogens is 408 g/mol. The molecule has 2 saturated heterocycles. The van der Waals surface area contributed by atoms with Gasteiger partial charge in [0.15, 0.2) is 17.6 Å². The van der Waals surface area contributed by atoms with Crippen LogP contribution in [0.2, 0.25) is 0 Å². The molecule has 0 aromatic heterocycles. The Balaban J connectivity index is 1.60. The number of hydrogen-bond acceptors (Lipinski definition) is 6. The maximum atomic E-state index is 13.6. The first-order valence-corrected chi connectivity index (χ1v) is 10.5. The number of imide groups is 1. The van der Waals surface area contributed by atoms with Crippen molar-refractivity contribution in [2.75, 3.05) is 16.6 Å². The quantitative estimate of drug-likeness (QED) is 0.620. The fourth-order valence-corrected chi connectivity index (χ4v) is 4.37. The van der Waals surface area contributed by atoms with Crippen LogP contribution in [0.4, 0.5) is 11.4 Å². The molecule has 32 heavy (non-hydrogen) atoms. The largest absolute Gasteiger partial charge is 0.504 e. The highest BCUT2D eigenvalue weighted by molar-refractivity contribution is 6.23. The second kappa shape index (κ2) is 8.01. The Labute approximate surface area is 185 Å². The van der Waals surface area contributed by atoms with Crippen LogP contribution < -0.4 is 14.7 Å². The molecule has 2 amide bonds. The lowest BCUT2D eigenvalue weighted by Crippen LogP contribution is -2.37. The van der Waals surface area contributed by atoms with E-state index in [-0.39, 0.29) is 11.7 Å². The number of anilines is 2. The third kappa shape index (κ3) is 3.18. The highest BCUT2D eigenvalue weighted by atomic mass is 16.7. The van der Waals surface area contributed by atoms with E-state index in [1.54, 1.807) is 41.5 Å². The highest BCUT2D eigenvalue weighted by Gasteiger charge is 2.60. The predicted molar refractivity (Wildman–Crippen MR) is 118 cm³/mol. The summed E-state index contributed by atoms with van der Waals surface area (Å²) in [6, 6.07) is 22.6. The Kier molecular flexibility index (Phi) is 5.03. The van der Waals surface area contributed by atoms with Crippen molar-refractivity contribution in [3.63, 3.8) is 0 Å². The van der Waals surface area contributed by atoms with Gasteiger partial charge in [0, 0.05) is 0 Å². The van der Waals surface area contributed by atoms with Gasteiger partial charge in [-0.05, 0) is 48.9 Å². The normalized spacial score (nSPS) is 22.3. The molecule has 162 valence electrons. The van der Waals surface area contributed by atoms with Crippen LogP contribution in [0.15, 0.2) is 78.9 Å². The molecule has 0 bridgehead atoms. The zero-order valence-corrected chi connectivity index (χ0v) is 17.4.